The Morgan fingerprint density at radius 3 is 1.96 bits per heavy atom. The van der Waals surface area contributed by atoms with Gasteiger partial charge in [-0.05, 0) is 100 Å². The molecule has 0 aromatic heterocycles. The molecule has 0 amide bonds. The number of rotatable bonds is 8. The predicted molar refractivity (Wildman–Crippen MR) is 117 cm³/mol. The van der Waals surface area contributed by atoms with Crippen LogP contribution in [0.4, 0.5) is 0 Å². The van der Waals surface area contributed by atoms with Gasteiger partial charge in [0.15, 0.2) is 0 Å². The zero-order chi connectivity index (χ0) is 18.9. The molecule has 27 heavy (non-hydrogen) atoms. The van der Waals surface area contributed by atoms with E-state index < -0.39 is 0 Å². The first-order chi connectivity index (χ1) is 13.3. The Morgan fingerprint density at radius 1 is 0.778 bits per heavy atom. The molecule has 1 nitrogen and oxygen atoms in total. The van der Waals surface area contributed by atoms with Crippen LogP contribution in [0.3, 0.4) is 0 Å². The fourth-order valence-corrected chi connectivity index (χ4v) is 5.71. The molecule has 0 aromatic carbocycles. The van der Waals surface area contributed by atoms with Crippen LogP contribution in [0, 0.1) is 29.6 Å². The summed E-state index contributed by atoms with van der Waals surface area (Å²) >= 11 is 0. The molecule has 1 aliphatic heterocycles. The van der Waals surface area contributed by atoms with Crippen molar-refractivity contribution in [3.63, 3.8) is 0 Å². The van der Waals surface area contributed by atoms with Crippen molar-refractivity contribution in [3.05, 3.63) is 24.8 Å². The maximum absolute atomic E-state index is 6.35. The van der Waals surface area contributed by atoms with Crippen molar-refractivity contribution >= 4 is 0 Å². The van der Waals surface area contributed by atoms with Crippen LogP contribution in [0.25, 0.3) is 0 Å². The van der Waals surface area contributed by atoms with Gasteiger partial charge in [0.25, 0.3) is 0 Å². The summed E-state index contributed by atoms with van der Waals surface area (Å²) < 4.78 is 6.35. The van der Waals surface area contributed by atoms with Gasteiger partial charge >= 0.3 is 0 Å². The Hall–Kier alpha value is -0.560. The minimum atomic E-state index is 0.575. The number of hydrogen-bond donors (Lipinski definition) is 0. The van der Waals surface area contributed by atoms with Crippen molar-refractivity contribution in [1.82, 2.24) is 0 Å². The molecule has 0 aromatic rings. The highest BCUT2D eigenvalue weighted by atomic mass is 16.5. The molecule has 1 heteroatoms. The summed E-state index contributed by atoms with van der Waals surface area (Å²) in [6, 6.07) is 0. The first-order valence-corrected chi connectivity index (χ1v) is 12.2. The molecule has 0 radical (unpaired) electrons. The van der Waals surface area contributed by atoms with Gasteiger partial charge in [-0.2, -0.15) is 0 Å². The van der Waals surface area contributed by atoms with Crippen LogP contribution in [0.15, 0.2) is 24.8 Å². The lowest BCUT2D eigenvalue weighted by molar-refractivity contribution is -0.0585. The molecule has 3 rings (SSSR count). The van der Waals surface area contributed by atoms with Crippen molar-refractivity contribution in [3.8, 4) is 0 Å². The average molecular weight is 373 g/mol. The lowest BCUT2D eigenvalue weighted by Crippen LogP contribution is -2.34. The average Bonchev–Trinajstić information content (AvgIpc) is 2.74. The normalized spacial score (nSPS) is 38.1. The Labute approximate surface area is 169 Å². The highest BCUT2D eigenvalue weighted by Gasteiger charge is 2.31. The van der Waals surface area contributed by atoms with E-state index in [0.29, 0.717) is 6.10 Å². The third-order valence-corrected chi connectivity index (χ3v) is 7.77. The fourth-order valence-electron chi connectivity index (χ4n) is 5.71. The summed E-state index contributed by atoms with van der Waals surface area (Å²) in [5.74, 6) is 4.15. The van der Waals surface area contributed by atoms with Gasteiger partial charge in [-0.15, -0.1) is 6.58 Å². The topological polar surface area (TPSA) is 9.23 Å². The largest absolute Gasteiger partial charge is 0.378 e. The molecule has 154 valence electrons. The zero-order valence-corrected chi connectivity index (χ0v) is 17.9. The van der Waals surface area contributed by atoms with Gasteiger partial charge < -0.3 is 4.74 Å². The van der Waals surface area contributed by atoms with Crippen molar-refractivity contribution in [1.29, 1.82) is 0 Å². The van der Waals surface area contributed by atoms with E-state index in [9.17, 15) is 0 Å². The third-order valence-electron chi connectivity index (χ3n) is 7.77. The number of allylic oxidation sites excluding steroid dienone is 3. The van der Waals surface area contributed by atoms with Crippen molar-refractivity contribution in [2.45, 2.75) is 103 Å². The highest BCUT2D eigenvalue weighted by molar-refractivity contribution is 4.98. The van der Waals surface area contributed by atoms with Crippen LogP contribution in [0.1, 0.15) is 96.8 Å². The molecule has 0 bridgehead atoms. The molecule has 2 aliphatic carbocycles. The second-order valence-electron chi connectivity index (χ2n) is 9.78. The monoisotopic (exact) mass is 372 g/mol. The summed E-state index contributed by atoms with van der Waals surface area (Å²) in [7, 11) is 0. The van der Waals surface area contributed by atoms with E-state index >= 15 is 0 Å². The molecule has 3 aliphatic rings. The SMILES string of the molecule is C=CC1CCC(/C=C/C2CCC(C3CCC(CCCCC)CO3)CC2)CC1. The molecule has 2 atom stereocenters. The number of hydrogen-bond acceptors (Lipinski definition) is 1. The van der Waals surface area contributed by atoms with Gasteiger partial charge in [0.05, 0.1) is 6.10 Å². The zero-order valence-electron chi connectivity index (χ0n) is 17.9. The van der Waals surface area contributed by atoms with E-state index in [4.69, 9.17) is 4.74 Å². The molecular weight excluding hydrogens is 328 g/mol. The molecule has 2 unspecified atom stereocenters. The summed E-state index contributed by atoms with van der Waals surface area (Å²) in [6.45, 7) is 7.31. The van der Waals surface area contributed by atoms with Gasteiger partial charge in [-0.25, -0.2) is 0 Å². The van der Waals surface area contributed by atoms with Gasteiger partial charge in [-0.1, -0.05) is 44.4 Å². The van der Waals surface area contributed by atoms with E-state index in [0.717, 1.165) is 36.2 Å². The lowest BCUT2D eigenvalue weighted by Gasteiger charge is -2.37. The Kier molecular flexibility index (Phi) is 8.97. The summed E-state index contributed by atoms with van der Waals surface area (Å²) in [5.41, 5.74) is 0. The molecule has 1 heterocycles. The van der Waals surface area contributed by atoms with E-state index in [1.807, 2.05) is 0 Å². The maximum atomic E-state index is 6.35. The minimum Gasteiger partial charge on any atom is -0.378 e. The Bertz CT molecular complexity index is 429. The molecule has 2 saturated carbocycles. The van der Waals surface area contributed by atoms with Crippen molar-refractivity contribution in [2.75, 3.05) is 6.61 Å². The number of unbranched alkanes of at least 4 members (excludes halogenated alkanes) is 2. The molecule has 3 fully saturated rings. The van der Waals surface area contributed by atoms with Gasteiger partial charge in [0, 0.05) is 6.61 Å². The first kappa shape index (κ1) is 21.2. The Morgan fingerprint density at radius 2 is 1.41 bits per heavy atom. The van der Waals surface area contributed by atoms with E-state index in [-0.39, 0.29) is 0 Å². The molecule has 0 spiro atoms. The van der Waals surface area contributed by atoms with Gasteiger partial charge in [0.1, 0.15) is 0 Å². The smallest absolute Gasteiger partial charge is 0.0603 e. The number of ether oxygens (including phenoxy) is 1. The van der Waals surface area contributed by atoms with Crippen LogP contribution >= 0.6 is 0 Å². The minimum absolute atomic E-state index is 0.575. The van der Waals surface area contributed by atoms with Crippen molar-refractivity contribution < 1.29 is 4.74 Å². The summed E-state index contributed by atoms with van der Waals surface area (Å²) in [5, 5.41) is 0. The molecule has 0 N–H and O–H groups in total. The third kappa shape index (κ3) is 6.77. The highest BCUT2D eigenvalue weighted by Crippen LogP contribution is 2.38. The second kappa shape index (κ2) is 11.4. The second-order valence-corrected chi connectivity index (χ2v) is 9.78. The van der Waals surface area contributed by atoms with E-state index in [1.54, 1.807) is 0 Å². The van der Waals surface area contributed by atoms with Crippen molar-refractivity contribution in [2.24, 2.45) is 29.6 Å². The van der Waals surface area contributed by atoms with Crippen LogP contribution in [-0.4, -0.2) is 12.7 Å². The van der Waals surface area contributed by atoms with Crippen LogP contribution in [0.5, 0.6) is 0 Å². The van der Waals surface area contributed by atoms with E-state index in [1.165, 1.54) is 89.9 Å². The first-order valence-electron chi connectivity index (χ1n) is 12.2. The van der Waals surface area contributed by atoms with Crippen LogP contribution < -0.4 is 0 Å². The predicted octanol–water partition coefficient (Wildman–Crippen LogP) is 7.72. The van der Waals surface area contributed by atoms with Gasteiger partial charge in [0.2, 0.25) is 0 Å². The quantitative estimate of drug-likeness (QED) is 0.313. The summed E-state index contributed by atoms with van der Waals surface area (Å²) in [4.78, 5) is 0. The molecular formula is C26H44O. The van der Waals surface area contributed by atoms with Crippen LogP contribution in [-0.2, 0) is 4.74 Å². The summed E-state index contributed by atoms with van der Waals surface area (Å²) in [6.07, 6.45) is 27.2. The lowest BCUT2D eigenvalue weighted by atomic mass is 9.76. The molecule has 1 saturated heterocycles. The standard InChI is InChI=1S/C26H44O/c1-3-5-6-7-24-16-19-26(27-20-24)25-17-14-23(15-18-25)13-12-22-10-8-21(4-2)9-11-22/h4,12-13,21-26H,2-3,5-11,14-20H2,1H3/b13-12+. The van der Waals surface area contributed by atoms with Crippen LogP contribution in [0.2, 0.25) is 0 Å². The maximum Gasteiger partial charge on any atom is 0.0603 e. The fraction of sp³-hybridized carbons (Fsp3) is 0.846. The van der Waals surface area contributed by atoms with Gasteiger partial charge in [-0.3, -0.25) is 0 Å². The Balaban J connectivity index is 1.31. The van der Waals surface area contributed by atoms with E-state index in [2.05, 4.69) is 31.7 Å².